The average Bonchev–Trinajstić information content (AvgIpc) is 3.25. The van der Waals surface area contributed by atoms with Crippen LogP contribution in [0.5, 0.6) is 5.75 Å². The summed E-state index contributed by atoms with van der Waals surface area (Å²) in [5.41, 5.74) is 11.3. The van der Waals surface area contributed by atoms with Crippen LogP contribution < -0.4 is 20.7 Å². The second kappa shape index (κ2) is 9.85. The molecular formula is C24H33N5O. The minimum absolute atomic E-state index is 0.511. The Kier molecular flexibility index (Phi) is 6.74. The highest BCUT2D eigenvalue weighted by Gasteiger charge is 2.16. The van der Waals surface area contributed by atoms with Gasteiger partial charge in [-0.05, 0) is 73.2 Å². The quantitative estimate of drug-likeness (QED) is 0.419. The number of hydrogen-bond acceptors (Lipinski definition) is 4. The Balaban J connectivity index is 1.16. The van der Waals surface area contributed by atoms with Crippen molar-refractivity contribution in [2.75, 3.05) is 56.6 Å². The maximum atomic E-state index is 6.08. The smallest absolute Gasteiger partial charge is 0.193 e. The number of ether oxygens (including phenoxy) is 1. The predicted molar refractivity (Wildman–Crippen MR) is 125 cm³/mol. The van der Waals surface area contributed by atoms with Gasteiger partial charge in [0.15, 0.2) is 5.96 Å². The number of anilines is 2. The fraction of sp³-hybridized carbons (Fsp3) is 0.458. The van der Waals surface area contributed by atoms with E-state index < -0.39 is 0 Å². The van der Waals surface area contributed by atoms with Crippen LogP contribution in [-0.4, -0.2) is 57.2 Å². The molecule has 1 aliphatic carbocycles. The molecule has 0 amide bonds. The Morgan fingerprint density at radius 1 is 1.03 bits per heavy atom. The van der Waals surface area contributed by atoms with E-state index in [2.05, 4.69) is 50.4 Å². The van der Waals surface area contributed by atoms with Crippen LogP contribution in [0.3, 0.4) is 0 Å². The van der Waals surface area contributed by atoms with Crippen molar-refractivity contribution in [2.45, 2.75) is 25.7 Å². The first-order valence-electron chi connectivity index (χ1n) is 11.0. The maximum Gasteiger partial charge on any atom is 0.193 e. The number of rotatable bonds is 7. The van der Waals surface area contributed by atoms with Crippen LogP contribution in [0, 0.1) is 0 Å². The van der Waals surface area contributed by atoms with E-state index in [1.807, 2.05) is 12.1 Å². The summed E-state index contributed by atoms with van der Waals surface area (Å²) < 4.78 is 5.25. The number of fused-ring (bicyclic) bond motifs is 1. The molecule has 3 N–H and O–H groups in total. The van der Waals surface area contributed by atoms with Gasteiger partial charge in [-0.3, -0.25) is 9.89 Å². The molecular weight excluding hydrogens is 374 g/mol. The third-order valence-electron chi connectivity index (χ3n) is 6.10. The topological polar surface area (TPSA) is 66.1 Å². The summed E-state index contributed by atoms with van der Waals surface area (Å²) in [4.78, 5) is 9.46. The van der Waals surface area contributed by atoms with Crippen LogP contribution in [0.15, 0.2) is 47.5 Å². The van der Waals surface area contributed by atoms with Crippen LogP contribution in [0.4, 0.5) is 11.4 Å². The molecule has 0 radical (unpaired) electrons. The number of nitrogens with one attached hydrogen (secondary N) is 1. The van der Waals surface area contributed by atoms with Crippen LogP contribution >= 0.6 is 0 Å². The predicted octanol–water partition coefficient (Wildman–Crippen LogP) is 3.12. The Labute approximate surface area is 179 Å². The third-order valence-corrected chi connectivity index (χ3v) is 6.10. The first-order valence-corrected chi connectivity index (χ1v) is 11.0. The molecule has 1 fully saturated rings. The van der Waals surface area contributed by atoms with Gasteiger partial charge in [-0.25, -0.2) is 0 Å². The number of nitrogens with two attached hydrogens (primary N) is 1. The minimum Gasteiger partial charge on any atom is -0.497 e. The molecule has 0 atom stereocenters. The minimum atomic E-state index is 0.511. The van der Waals surface area contributed by atoms with Crippen molar-refractivity contribution in [1.29, 1.82) is 0 Å². The Bertz CT molecular complexity index is 856. The van der Waals surface area contributed by atoms with Gasteiger partial charge in [0.05, 0.1) is 7.11 Å². The fourth-order valence-corrected chi connectivity index (χ4v) is 4.35. The van der Waals surface area contributed by atoms with Gasteiger partial charge in [-0.15, -0.1) is 0 Å². The van der Waals surface area contributed by atoms with Gasteiger partial charge in [0.1, 0.15) is 5.75 Å². The summed E-state index contributed by atoms with van der Waals surface area (Å²) >= 11 is 0. The van der Waals surface area contributed by atoms with Crippen molar-refractivity contribution in [1.82, 2.24) is 4.90 Å². The van der Waals surface area contributed by atoms with Gasteiger partial charge in [0, 0.05) is 50.6 Å². The molecule has 1 heterocycles. The molecule has 1 aliphatic heterocycles. The summed E-state index contributed by atoms with van der Waals surface area (Å²) in [6.45, 7) is 6.08. The normalized spacial score (nSPS) is 17.1. The third kappa shape index (κ3) is 5.25. The van der Waals surface area contributed by atoms with E-state index >= 15 is 0 Å². The highest BCUT2D eigenvalue weighted by Crippen LogP contribution is 2.24. The van der Waals surface area contributed by atoms with Gasteiger partial charge in [0.2, 0.25) is 0 Å². The lowest BCUT2D eigenvalue weighted by Gasteiger charge is -2.36. The van der Waals surface area contributed by atoms with Crippen molar-refractivity contribution >= 4 is 17.3 Å². The van der Waals surface area contributed by atoms with E-state index in [1.54, 1.807) is 7.11 Å². The number of piperazine rings is 1. The molecule has 0 saturated carbocycles. The van der Waals surface area contributed by atoms with E-state index in [1.165, 1.54) is 36.1 Å². The van der Waals surface area contributed by atoms with Crippen molar-refractivity contribution in [3.63, 3.8) is 0 Å². The highest BCUT2D eigenvalue weighted by atomic mass is 16.5. The van der Waals surface area contributed by atoms with Crippen LogP contribution in [-0.2, 0) is 12.8 Å². The molecule has 4 rings (SSSR count). The average molecular weight is 408 g/mol. The van der Waals surface area contributed by atoms with Crippen molar-refractivity contribution in [3.8, 4) is 5.75 Å². The number of aryl methyl sites for hydroxylation is 2. The first-order chi connectivity index (χ1) is 14.7. The molecule has 1 saturated heterocycles. The van der Waals surface area contributed by atoms with E-state index in [0.29, 0.717) is 5.96 Å². The number of guanidine groups is 1. The van der Waals surface area contributed by atoms with Gasteiger partial charge < -0.3 is 20.7 Å². The second-order valence-electron chi connectivity index (χ2n) is 8.11. The number of benzene rings is 2. The van der Waals surface area contributed by atoms with E-state index in [4.69, 9.17) is 10.5 Å². The molecule has 0 bridgehead atoms. The largest absolute Gasteiger partial charge is 0.497 e. The SMILES string of the molecule is COc1ccc(N2CCN(CCCN=C(N)Nc3ccc4c(c3)CCC4)CC2)cc1. The lowest BCUT2D eigenvalue weighted by molar-refractivity contribution is 0.256. The lowest BCUT2D eigenvalue weighted by atomic mass is 10.1. The van der Waals surface area contributed by atoms with Crippen LogP contribution in [0.1, 0.15) is 24.0 Å². The van der Waals surface area contributed by atoms with Gasteiger partial charge in [0.25, 0.3) is 0 Å². The number of aliphatic imine (C=N–C) groups is 1. The number of methoxy groups -OCH3 is 1. The maximum absolute atomic E-state index is 6.08. The first kappa shape index (κ1) is 20.5. The van der Waals surface area contributed by atoms with Gasteiger partial charge in [-0.2, -0.15) is 0 Å². The number of nitrogens with zero attached hydrogens (tertiary/aromatic N) is 3. The summed E-state index contributed by atoms with van der Waals surface area (Å²) in [5.74, 6) is 1.42. The Hall–Kier alpha value is -2.73. The molecule has 0 unspecified atom stereocenters. The molecule has 160 valence electrons. The molecule has 2 aromatic rings. The van der Waals surface area contributed by atoms with Crippen molar-refractivity contribution in [3.05, 3.63) is 53.6 Å². The molecule has 6 nitrogen and oxygen atoms in total. The van der Waals surface area contributed by atoms with Gasteiger partial charge in [-0.1, -0.05) is 6.07 Å². The van der Waals surface area contributed by atoms with Crippen LogP contribution in [0.2, 0.25) is 0 Å². The Morgan fingerprint density at radius 2 is 1.80 bits per heavy atom. The van der Waals surface area contributed by atoms with Crippen molar-refractivity contribution < 1.29 is 4.74 Å². The number of hydrogen-bond donors (Lipinski definition) is 2. The molecule has 0 spiro atoms. The monoisotopic (exact) mass is 407 g/mol. The van der Waals surface area contributed by atoms with Crippen LogP contribution in [0.25, 0.3) is 0 Å². The highest BCUT2D eigenvalue weighted by molar-refractivity contribution is 5.92. The fourth-order valence-electron chi connectivity index (χ4n) is 4.35. The summed E-state index contributed by atoms with van der Waals surface area (Å²) in [5, 5.41) is 3.24. The standard InChI is InChI=1S/C24H33N5O/c1-30-23-10-8-22(9-11-23)29-16-14-28(15-17-29)13-3-12-26-24(25)27-21-7-6-19-4-2-5-20(19)18-21/h6-11,18H,2-5,12-17H2,1H3,(H3,25,26,27). The molecule has 6 heteroatoms. The van der Waals surface area contributed by atoms with E-state index in [0.717, 1.165) is 57.1 Å². The summed E-state index contributed by atoms with van der Waals surface area (Å²) in [7, 11) is 1.70. The summed E-state index contributed by atoms with van der Waals surface area (Å²) in [6.07, 6.45) is 4.66. The van der Waals surface area contributed by atoms with E-state index in [-0.39, 0.29) is 0 Å². The zero-order valence-electron chi connectivity index (χ0n) is 17.9. The Morgan fingerprint density at radius 3 is 2.57 bits per heavy atom. The summed E-state index contributed by atoms with van der Waals surface area (Å²) in [6, 6.07) is 14.9. The zero-order chi connectivity index (χ0) is 20.8. The lowest BCUT2D eigenvalue weighted by Crippen LogP contribution is -2.46. The van der Waals surface area contributed by atoms with Crippen molar-refractivity contribution in [2.24, 2.45) is 10.7 Å². The molecule has 30 heavy (non-hydrogen) atoms. The van der Waals surface area contributed by atoms with E-state index in [9.17, 15) is 0 Å². The molecule has 0 aromatic heterocycles. The molecule has 2 aliphatic rings. The second-order valence-corrected chi connectivity index (χ2v) is 8.11. The van der Waals surface area contributed by atoms with Gasteiger partial charge >= 0.3 is 0 Å². The molecule has 2 aromatic carbocycles. The zero-order valence-corrected chi connectivity index (χ0v) is 17.9.